The summed E-state index contributed by atoms with van der Waals surface area (Å²) in [5, 5.41) is 8.51. The first kappa shape index (κ1) is 13.1. The Kier molecular flexibility index (Phi) is 4.06. The molecule has 0 aliphatic heterocycles. The second-order valence-electron chi connectivity index (χ2n) is 3.38. The van der Waals surface area contributed by atoms with Crippen molar-refractivity contribution in [3.63, 3.8) is 0 Å². The van der Waals surface area contributed by atoms with Gasteiger partial charge in [0.25, 0.3) is 0 Å². The Labute approximate surface area is 93.8 Å². The summed E-state index contributed by atoms with van der Waals surface area (Å²) < 4.78 is 35.5. The smallest absolute Gasteiger partial charge is 0.442 e. The zero-order valence-corrected chi connectivity index (χ0v) is 8.98. The second-order valence-corrected chi connectivity index (χ2v) is 4.42. The Morgan fingerprint density at radius 1 is 1.38 bits per heavy atom. The Morgan fingerprint density at radius 2 is 1.94 bits per heavy atom. The van der Waals surface area contributed by atoms with Crippen LogP contribution in [0.5, 0.6) is 0 Å². The van der Waals surface area contributed by atoms with E-state index in [1.807, 2.05) is 0 Å². The van der Waals surface area contributed by atoms with Crippen LogP contribution in [0, 0.1) is 0 Å². The Morgan fingerprint density at radius 3 is 2.31 bits per heavy atom. The first-order valence-electron chi connectivity index (χ1n) is 4.51. The van der Waals surface area contributed by atoms with Gasteiger partial charge < -0.3 is 10.0 Å². The van der Waals surface area contributed by atoms with E-state index < -0.39 is 41.4 Å². The molecular formula is C8H10F3NO3S. The van der Waals surface area contributed by atoms with Crippen LogP contribution in [0.1, 0.15) is 12.8 Å². The number of halogens is 3. The van der Waals surface area contributed by atoms with E-state index in [0.717, 1.165) is 4.90 Å². The zero-order chi connectivity index (χ0) is 12.3. The van der Waals surface area contributed by atoms with Crippen LogP contribution in [-0.4, -0.2) is 45.7 Å². The lowest BCUT2D eigenvalue weighted by atomic mass is 10.4. The van der Waals surface area contributed by atoms with E-state index in [0.29, 0.717) is 12.8 Å². The quantitative estimate of drug-likeness (QED) is 0.807. The lowest BCUT2D eigenvalue weighted by molar-refractivity contribution is -0.143. The molecule has 0 spiro atoms. The fraction of sp³-hybridized carbons (Fsp3) is 0.750. The Hall–Kier alpha value is -0.920. The SMILES string of the molecule is O=C(O)CN(C(=O)CSC(F)(F)F)C1CC1. The van der Waals surface area contributed by atoms with Gasteiger partial charge >= 0.3 is 11.5 Å². The Balaban J connectivity index is 2.44. The van der Waals surface area contributed by atoms with Gasteiger partial charge in [0.1, 0.15) is 6.54 Å². The minimum absolute atomic E-state index is 0.197. The number of alkyl halides is 3. The van der Waals surface area contributed by atoms with Crippen LogP contribution in [-0.2, 0) is 9.59 Å². The number of amides is 1. The molecule has 8 heteroatoms. The van der Waals surface area contributed by atoms with E-state index in [-0.39, 0.29) is 6.04 Å². The van der Waals surface area contributed by atoms with Crippen LogP contribution in [0.25, 0.3) is 0 Å². The van der Waals surface area contributed by atoms with Gasteiger partial charge in [-0.25, -0.2) is 0 Å². The molecule has 1 aliphatic rings. The highest BCUT2D eigenvalue weighted by molar-refractivity contribution is 8.00. The van der Waals surface area contributed by atoms with Crippen molar-refractivity contribution in [2.45, 2.75) is 24.4 Å². The van der Waals surface area contributed by atoms with Crippen molar-refractivity contribution in [3.05, 3.63) is 0 Å². The summed E-state index contributed by atoms with van der Waals surface area (Å²) in [5.41, 5.74) is -4.46. The van der Waals surface area contributed by atoms with Gasteiger partial charge in [-0.3, -0.25) is 9.59 Å². The Bertz CT molecular complexity index is 291. The molecule has 4 nitrogen and oxygen atoms in total. The van der Waals surface area contributed by atoms with E-state index >= 15 is 0 Å². The number of rotatable bonds is 5. The maximum Gasteiger partial charge on any atom is 0.442 e. The summed E-state index contributed by atoms with van der Waals surface area (Å²) in [6, 6.07) is -0.197. The summed E-state index contributed by atoms with van der Waals surface area (Å²) in [4.78, 5) is 22.8. The number of aliphatic carboxylic acids is 1. The normalized spacial score (nSPS) is 15.9. The molecule has 1 saturated carbocycles. The van der Waals surface area contributed by atoms with E-state index in [4.69, 9.17) is 5.11 Å². The summed E-state index contributed by atoms with van der Waals surface area (Å²) in [5.74, 6) is -2.74. The monoisotopic (exact) mass is 257 g/mol. The van der Waals surface area contributed by atoms with E-state index in [1.165, 1.54) is 0 Å². The molecule has 92 valence electrons. The molecule has 0 bridgehead atoms. The van der Waals surface area contributed by atoms with Gasteiger partial charge in [-0.05, 0) is 24.6 Å². The lowest BCUT2D eigenvalue weighted by Crippen LogP contribution is -2.38. The minimum atomic E-state index is -4.46. The van der Waals surface area contributed by atoms with Crippen LogP contribution in [0.2, 0.25) is 0 Å². The number of carbonyl (C=O) groups is 2. The number of carbonyl (C=O) groups excluding carboxylic acids is 1. The number of carboxylic acids is 1. The molecule has 1 N–H and O–H groups in total. The molecule has 0 unspecified atom stereocenters. The van der Waals surface area contributed by atoms with Gasteiger partial charge in [-0.15, -0.1) is 0 Å². The number of carboxylic acid groups (broad SMARTS) is 1. The summed E-state index contributed by atoms with van der Waals surface area (Å²) in [6.45, 7) is -0.526. The molecule has 0 aromatic heterocycles. The average Bonchev–Trinajstić information content (AvgIpc) is 2.92. The van der Waals surface area contributed by atoms with Crippen molar-refractivity contribution in [2.75, 3.05) is 12.3 Å². The minimum Gasteiger partial charge on any atom is -0.480 e. The van der Waals surface area contributed by atoms with Gasteiger partial charge in [0, 0.05) is 6.04 Å². The molecule has 0 aromatic rings. The molecule has 1 aliphatic carbocycles. The molecule has 16 heavy (non-hydrogen) atoms. The maximum absolute atomic E-state index is 11.8. The predicted molar refractivity (Wildman–Crippen MR) is 50.9 cm³/mol. The molecule has 1 fully saturated rings. The molecule has 0 saturated heterocycles. The number of thioether (sulfide) groups is 1. The third-order valence-electron chi connectivity index (χ3n) is 1.97. The largest absolute Gasteiger partial charge is 0.480 e. The highest BCUT2D eigenvalue weighted by Crippen LogP contribution is 2.32. The number of hydrogen-bond acceptors (Lipinski definition) is 3. The fourth-order valence-electron chi connectivity index (χ4n) is 1.18. The van der Waals surface area contributed by atoms with Crippen molar-refractivity contribution in [3.8, 4) is 0 Å². The topological polar surface area (TPSA) is 57.6 Å². The molecule has 1 amide bonds. The van der Waals surface area contributed by atoms with Crippen LogP contribution in [0.4, 0.5) is 13.2 Å². The lowest BCUT2D eigenvalue weighted by Gasteiger charge is -2.20. The van der Waals surface area contributed by atoms with Gasteiger partial charge in [0.2, 0.25) is 5.91 Å². The molecule has 0 radical (unpaired) electrons. The van der Waals surface area contributed by atoms with E-state index in [9.17, 15) is 22.8 Å². The molecule has 0 heterocycles. The van der Waals surface area contributed by atoms with Gasteiger partial charge in [0.15, 0.2) is 0 Å². The van der Waals surface area contributed by atoms with Crippen molar-refractivity contribution in [2.24, 2.45) is 0 Å². The van der Waals surface area contributed by atoms with Crippen molar-refractivity contribution in [1.82, 2.24) is 4.90 Å². The summed E-state index contributed by atoms with van der Waals surface area (Å²) in [6.07, 6.45) is 1.32. The first-order valence-corrected chi connectivity index (χ1v) is 5.50. The molecule has 0 atom stereocenters. The van der Waals surface area contributed by atoms with Gasteiger partial charge in [0.05, 0.1) is 5.75 Å². The van der Waals surface area contributed by atoms with Crippen LogP contribution < -0.4 is 0 Å². The highest BCUT2D eigenvalue weighted by Gasteiger charge is 2.36. The summed E-state index contributed by atoms with van der Waals surface area (Å²) in [7, 11) is 0. The summed E-state index contributed by atoms with van der Waals surface area (Å²) >= 11 is -0.442. The third-order valence-corrected chi connectivity index (χ3v) is 2.69. The fourth-order valence-corrected chi connectivity index (χ4v) is 1.63. The highest BCUT2D eigenvalue weighted by atomic mass is 32.2. The van der Waals surface area contributed by atoms with E-state index in [1.54, 1.807) is 0 Å². The maximum atomic E-state index is 11.8. The number of hydrogen-bond donors (Lipinski definition) is 1. The third kappa shape index (κ3) is 4.73. The molecular weight excluding hydrogens is 247 g/mol. The van der Waals surface area contributed by atoms with Crippen LogP contribution >= 0.6 is 11.8 Å². The number of nitrogens with zero attached hydrogens (tertiary/aromatic N) is 1. The van der Waals surface area contributed by atoms with Crippen molar-refractivity contribution in [1.29, 1.82) is 0 Å². The van der Waals surface area contributed by atoms with Gasteiger partial charge in [-0.1, -0.05) is 0 Å². The van der Waals surface area contributed by atoms with Crippen LogP contribution in [0.3, 0.4) is 0 Å². The van der Waals surface area contributed by atoms with Crippen LogP contribution in [0.15, 0.2) is 0 Å². The van der Waals surface area contributed by atoms with Crippen molar-refractivity contribution >= 4 is 23.6 Å². The zero-order valence-electron chi connectivity index (χ0n) is 8.16. The molecule has 0 aromatic carbocycles. The van der Waals surface area contributed by atoms with E-state index in [2.05, 4.69) is 0 Å². The average molecular weight is 257 g/mol. The predicted octanol–water partition coefficient (Wildman–Crippen LogP) is 1.31. The molecule has 1 rings (SSSR count). The second kappa shape index (κ2) is 4.94. The van der Waals surface area contributed by atoms with Crippen molar-refractivity contribution < 1.29 is 27.9 Å². The standard InChI is InChI=1S/C8H10F3NO3S/c9-8(10,11)16-4-6(13)12(3-7(14)15)5-1-2-5/h5H,1-4H2,(H,14,15). The van der Waals surface area contributed by atoms with Gasteiger partial charge in [-0.2, -0.15) is 13.2 Å². The first-order chi connectivity index (χ1) is 7.29.